The molecule has 0 heterocycles. The SMILES string of the molecule is COc1cc(NC(=O)CNCc2ccccc2Cl)cc(OC)c1OC. The predicted octanol–water partition coefficient (Wildman–Crippen LogP) is 3.09. The molecule has 0 aromatic heterocycles. The maximum Gasteiger partial charge on any atom is 0.238 e. The lowest BCUT2D eigenvalue weighted by Crippen LogP contribution is -2.27. The number of hydrogen-bond donors (Lipinski definition) is 2. The van der Waals surface area contributed by atoms with E-state index in [-0.39, 0.29) is 12.5 Å². The first-order valence-electron chi connectivity index (χ1n) is 7.63. The van der Waals surface area contributed by atoms with Crippen LogP contribution in [-0.4, -0.2) is 33.8 Å². The van der Waals surface area contributed by atoms with Gasteiger partial charge in [-0.1, -0.05) is 29.8 Å². The predicted molar refractivity (Wildman–Crippen MR) is 97.9 cm³/mol. The number of methoxy groups -OCH3 is 3. The van der Waals surface area contributed by atoms with Crippen LogP contribution in [0.3, 0.4) is 0 Å². The summed E-state index contributed by atoms with van der Waals surface area (Å²) in [5, 5.41) is 6.52. The number of carbonyl (C=O) groups is 1. The fraction of sp³-hybridized carbons (Fsp3) is 0.278. The number of anilines is 1. The van der Waals surface area contributed by atoms with E-state index in [2.05, 4.69) is 10.6 Å². The third kappa shape index (κ3) is 5.01. The van der Waals surface area contributed by atoms with Crippen LogP contribution in [-0.2, 0) is 11.3 Å². The van der Waals surface area contributed by atoms with Gasteiger partial charge in [0.15, 0.2) is 11.5 Å². The minimum atomic E-state index is -0.193. The molecule has 134 valence electrons. The molecule has 0 aliphatic rings. The number of halogens is 1. The molecule has 0 atom stereocenters. The Balaban J connectivity index is 1.97. The lowest BCUT2D eigenvalue weighted by Gasteiger charge is -2.14. The smallest absolute Gasteiger partial charge is 0.238 e. The Kier molecular flexibility index (Phi) is 6.91. The van der Waals surface area contributed by atoms with Gasteiger partial charge in [0.05, 0.1) is 27.9 Å². The number of amides is 1. The highest BCUT2D eigenvalue weighted by atomic mass is 35.5. The van der Waals surface area contributed by atoms with Crippen molar-refractivity contribution in [3.8, 4) is 17.2 Å². The first kappa shape index (κ1) is 18.9. The summed E-state index contributed by atoms with van der Waals surface area (Å²) in [6.07, 6.45) is 0. The highest BCUT2D eigenvalue weighted by Gasteiger charge is 2.14. The number of benzene rings is 2. The van der Waals surface area contributed by atoms with Crippen LogP contribution in [0.1, 0.15) is 5.56 Å². The van der Waals surface area contributed by atoms with Gasteiger partial charge in [-0.15, -0.1) is 0 Å². The second-order valence-corrected chi connectivity index (χ2v) is 5.56. The summed E-state index contributed by atoms with van der Waals surface area (Å²) in [5.74, 6) is 1.23. The van der Waals surface area contributed by atoms with Crippen LogP contribution < -0.4 is 24.8 Å². The molecular weight excluding hydrogens is 344 g/mol. The van der Waals surface area contributed by atoms with E-state index in [1.165, 1.54) is 21.3 Å². The summed E-state index contributed by atoms with van der Waals surface area (Å²) >= 11 is 6.08. The first-order valence-corrected chi connectivity index (χ1v) is 8.00. The fourth-order valence-corrected chi connectivity index (χ4v) is 2.51. The van der Waals surface area contributed by atoms with E-state index in [1.807, 2.05) is 24.3 Å². The second kappa shape index (κ2) is 9.15. The van der Waals surface area contributed by atoms with Crippen molar-refractivity contribution in [1.82, 2.24) is 5.32 Å². The molecule has 0 saturated heterocycles. The maximum atomic E-state index is 12.1. The van der Waals surface area contributed by atoms with Crippen molar-refractivity contribution in [3.05, 3.63) is 47.0 Å². The van der Waals surface area contributed by atoms with Crippen molar-refractivity contribution >= 4 is 23.2 Å². The quantitative estimate of drug-likeness (QED) is 0.753. The van der Waals surface area contributed by atoms with Crippen molar-refractivity contribution in [2.45, 2.75) is 6.54 Å². The lowest BCUT2D eigenvalue weighted by molar-refractivity contribution is -0.115. The fourth-order valence-electron chi connectivity index (χ4n) is 2.31. The molecule has 0 spiro atoms. The van der Waals surface area contributed by atoms with Crippen LogP contribution in [0.15, 0.2) is 36.4 Å². The van der Waals surface area contributed by atoms with E-state index in [0.29, 0.717) is 34.5 Å². The molecule has 0 fully saturated rings. The van der Waals surface area contributed by atoms with Crippen molar-refractivity contribution in [2.75, 3.05) is 33.2 Å². The lowest BCUT2D eigenvalue weighted by atomic mass is 10.2. The first-order chi connectivity index (χ1) is 12.1. The number of nitrogens with one attached hydrogen (secondary N) is 2. The monoisotopic (exact) mass is 364 g/mol. The zero-order valence-electron chi connectivity index (χ0n) is 14.4. The van der Waals surface area contributed by atoms with Gasteiger partial charge in [-0.2, -0.15) is 0 Å². The third-order valence-electron chi connectivity index (χ3n) is 3.51. The van der Waals surface area contributed by atoms with Crippen LogP contribution in [0, 0.1) is 0 Å². The number of hydrogen-bond acceptors (Lipinski definition) is 5. The molecule has 0 saturated carbocycles. The molecule has 0 aliphatic carbocycles. The van der Waals surface area contributed by atoms with Gasteiger partial charge in [0.1, 0.15) is 0 Å². The normalized spacial score (nSPS) is 10.2. The van der Waals surface area contributed by atoms with Gasteiger partial charge in [0.25, 0.3) is 0 Å². The summed E-state index contributed by atoms with van der Waals surface area (Å²) in [6.45, 7) is 0.643. The van der Waals surface area contributed by atoms with Crippen LogP contribution in [0.4, 0.5) is 5.69 Å². The molecule has 2 aromatic rings. The van der Waals surface area contributed by atoms with Gasteiger partial charge in [-0.25, -0.2) is 0 Å². The van der Waals surface area contributed by atoms with Crippen molar-refractivity contribution in [3.63, 3.8) is 0 Å². The molecule has 0 aliphatic heterocycles. The third-order valence-corrected chi connectivity index (χ3v) is 3.88. The van der Waals surface area contributed by atoms with Crippen molar-refractivity contribution in [1.29, 1.82) is 0 Å². The van der Waals surface area contributed by atoms with Gasteiger partial charge < -0.3 is 24.8 Å². The Hall–Kier alpha value is -2.44. The molecule has 0 radical (unpaired) electrons. The van der Waals surface area contributed by atoms with Crippen LogP contribution in [0.25, 0.3) is 0 Å². The van der Waals surface area contributed by atoms with E-state index in [4.69, 9.17) is 25.8 Å². The van der Waals surface area contributed by atoms with E-state index >= 15 is 0 Å². The molecule has 0 bridgehead atoms. The molecular formula is C18H21ClN2O4. The Morgan fingerprint density at radius 3 is 2.24 bits per heavy atom. The van der Waals surface area contributed by atoms with Crippen LogP contribution >= 0.6 is 11.6 Å². The van der Waals surface area contributed by atoms with Crippen molar-refractivity contribution < 1.29 is 19.0 Å². The zero-order valence-corrected chi connectivity index (χ0v) is 15.1. The van der Waals surface area contributed by atoms with E-state index < -0.39 is 0 Å². The molecule has 0 unspecified atom stereocenters. The van der Waals surface area contributed by atoms with Gasteiger partial charge in [-0.05, 0) is 11.6 Å². The van der Waals surface area contributed by atoms with E-state index in [1.54, 1.807) is 12.1 Å². The second-order valence-electron chi connectivity index (χ2n) is 5.16. The average molecular weight is 365 g/mol. The van der Waals surface area contributed by atoms with Gasteiger partial charge >= 0.3 is 0 Å². The van der Waals surface area contributed by atoms with Gasteiger partial charge in [-0.3, -0.25) is 4.79 Å². The molecule has 2 aromatic carbocycles. The highest BCUT2D eigenvalue weighted by molar-refractivity contribution is 6.31. The molecule has 25 heavy (non-hydrogen) atoms. The van der Waals surface area contributed by atoms with Gasteiger partial charge in [0.2, 0.25) is 11.7 Å². The summed E-state index contributed by atoms with van der Waals surface area (Å²) in [7, 11) is 4.57. The summed E-state index contributed by atoms with van der Waals surface area (Å²) in [4.78, 5) is 12.1. The summed E-state index contributed by atoms with van der Waals surface area (Å²) in [5.41, 5.74) is 1.49. The highest BCUT2D eigenvalue weighted by Crippen LogP contribution is 2.39. The average Bonchev–Trinajstić information content (AvgIpc) is 2.62. The summed E-state index contributed by atoms with van der Waals surface area (Å²) in [6, 6.07) is 10.8. The largest absolute Gasteiger partial charge is 0.493 e. The van der Waals surface area contributed by atoms with Crippen LogP contribution in [0.2, 0.25) is 5.02 Å². The molecule has 1 amide bonds. The van der Waals surface area contributed by atoms with Crippen LogP contribution in [0.5, 0.6) is 17.2 Å². The standard InChI is InChI=1S/C18H21ClN2O4/c1-23-15-8-13(9-16(24-2)18(15)25-3)21-17(22)11-20-10-12-6-4-5-7-14(12)19/h4-9,20H,10-11H2,1-3H3,(H,21,22). The van der Waals surface area contributed by atoms with E-state index in [9.17, 15) is 4.79 Å². The number of rotatable bonds is 8. The topological polar surface area (TPSA) is 68.8 Å². The zero-order chi connectivity index (χ0) is 18.2. The van der Waals surface area contributed by atoms with E-state index in [0.717, 1.165) is 5.56 Å². The Bertz CT molecular complexity index is 712. The Morgan fingerprint density at radius 2 is 1.68 bits per heavy atom. The number of ether oxygens (including phenoxy) is 3. The Morgan fingerprint density at radius 1 is 1.04 bits per heavy atom. The van der Waals surface area contributed by atoms with Crippen molar-refractivity contribution in [2.24, 2.45) is 0 Å². The molecule has 6 nitrogen and oxygen atoms in total. The summed E-state index contributed by atoms with van der Waals surface area (Å²) < 4.78 is 15.8. The molecule has 2 N–H and O–H groups in total. The van der Waals surface area contributed by atoms with Gasteiger partial charge in [0, 0.05) is 29.4 Å². The molecule has 2 rings (SSSR count). The Labute approximate surface area is 152 Å². The maximum absolute atomic E-state index is 12.1. The molecule has 7 heteroatoms. The number of carbonyl (C=O) groups excluding carboxylic acids is 1. The minimum absolute atomic E-state index is 0.141. The minimum Gasteiger partial charge on any atom is -0.493 e.